The molecule has 6 heteroatoms. The lowest BCUT2D eigenvalue weighted by atomic mass is 9.80. The summed E-state index contributed by atoms with van der Waals surface area (Å²) in [6.45, 7) is 9.05. The van der Waals surface area contributed by atoms with Crippen LogP contribution in [-0.2, 0) is 21.6 Å². The number of rotatable bonds is 4. The Morgan fingerprint density at radius 2 is 2.12 bits per heavy atom. The second-order valence-corrected chi connectivity index (χ2v) is 8.10. The third-order valence-corrected chi connectivity index (χ3v) is 5.37. The van der Waals surface area contributed by atoms with Gasteiger partial charge in [0.15, 0.2) is 0 Å². The number of amides is 1. The van der Waals surface area contributed by atoms with E-state index >= 15 is 0 Å². The number of nitrogens with zero attached hydrogens (tertiary/aromatic N) is 4. The average molecular weight is 346 g/mol. The number of aromatic nitrogens is 2. The maximum absolute atomic E-state index is 12.6. The lowest BCUT2D eigenvalue weighted by molar-refractivity contribution is -0.130. The molecule has 1 atom stereocenters. The quantitative estimate of drug-likeness (QED) is 0.837. The summed E-state index contributed by atoms with van der Waals surface area (Å²) in [5, 5.41) is 0. The molecule has 1 unspecified atom stereocenters. The van der Waals surface area contributed by atoms with Crippen molar-refractivity contribution in [1.29, 1.82) is 0 Å². The van der Waals surface area contributed by atoms with Gasteiger partial charge in [-0.3, -0.25) is 4.79 Å². The van der Waals surface area contributed by atoms with E-state index in [0.717, 1.165) is 42.3 Å². The number of fused-ring (bicyclic) bond motifs is 2. The standard InChI is InChI=1S/C19H30N4O2/c1-13(2)6-7-16(24)23-9-8-19(11-23)12-25-10-15-14(3)20-18(22(4)5)21-17(15)19/h13H,6-12H2,1-5H3. The van der Waals surface area contributed by atoms with Gasteiger partial charge in [-0.2, -0.15) is 0 Å². The first kappa shape index (κ1) is 18.1. The first-order chi connectivity index (χ1) is 11.8. The van der Waals surface area contributed by atoms with Crippen molar-refractivity contribution in [3.8, 4) is 0 Å². The number of carbonyl (C=O) groups excluding carboxylic acids is 1. The maximum Gasteiger partial charge on any atom is 0.225 e. The van der Waals surface area contributed by atoms with E-state index in [1.807, 2.05) is 30.8 Å². The Morgan fingerprint density at radius 3 is 2.80 bits per heavy atom. The molecule has 3 heterocycles. The fourth-order valence-electron chi connectivity index (χ4n) is 3.78. The van der Waals surface area contributed by atoms with Gasteiger partial charge in [-0.1, -0.05) is 13.8 Å². The smallest absolute Gasteiger partial charge is 0.225 e. The van der Waals surface area contributed by atoms with E-state index in [1.165, 1.54) is 0 Å². The molecule has 0 aromatic carbocycles. The van der Waals surface area contributed by atoms with Gasteiger partial charge in [-0.05, 0) is 25.7 Å². The number of anilines is 1. The van der Waals surface area contributed by atoms with Gasteiger partial charge in [0, 0.05) is 44.9 Å². The summed E-state index contributed by atoms with van der Waals surface area (Å²) in [6.07, 6.45) is 2.49. The van der Waals surface area contributed by atoms with Gasteiger partial charge in [0.1, 0.15) is 0 Å². The van der Waals surface area contributed by atoms with Crippen molar-refractivity contribution in [3.63, 3.8) is 0 Å². The minimum Gasteiger partial charge on any atom is -0.376 e. The molecule has 1 aromatic rings. The van der Waals surface area contributed by atoms with E-state index < -0.39 is 0 Å². The molecule has 25 heavy (non-hydrogen) atoms. The van der Waals surface area contributed by atoms with Crippen LogP contribution in [0.25, 0.3) is 0 Å². The molecule has 1 spiro atoms. The maximum atomic E-state index is 12.6. The van der Waals surface area contributed by atoms with E-state index in [0.29, 0.717) is 32.1 Å². The van der Waals surface area contributed by atoms with Crippen LogP contribution in [-0.4, -0.2) is 54.6 Å². The minimum atomic E-state index is -0.181. The van der Waals surface area contributed by atoms with Crippen molar-refractivity contribution in [3.05, 3.63) is 17.0 Å². The normalized spacial score (nSPS) is 22.6. The Hall–Kier alpha value is -1.69. The van der Waals surface area contributed by atoms with E-state index in [1.54, 1.807) is 0 Å². The summed E-state index contributed by atoms with van der Waals surface area (Å²) in [7, 11) is 3.92. The zero-order valence-electron chi connectivity index (χ0n) is 16.1. The summed E-state index contributed by atoms with van der Waals surface area (Å²) < 4.78 is 5.91. The van der Waals surface area contributed by atoms with Crippen LogP contribution in [0.3, 0.4) is 0 Å². The Labute approximate surface area is 150 Å². The van der Waals surface area contributed by atoms with Crippen molar-refractivity contribution >= 4 is 11.9 Å². The Morgan fingerprint density at radius 1 is 1.36 bits per heavy atom. The SMILES string of the molecule is Cc1nc(N(C)C)nc2c1COCC21CCN(C(=O)CCC(C)C)C1. The van der Waals surface area contributed by atoms with Crippen LogP contribution >= 0.6 is 0 Å². The first-order valence-corrected chi connectivity index (χ1v) is 9.23. The lowest BCUT2D eigenvalue weighted by Gasteiger charge is -2.35. The molecule has 3 rings (SSSR count). The zero-order chi connectivity index (χ0) is 18.2. The van der Waals surface area contributed by atoms with Crippen molar-refractivity contribution in [2.45, 2.75) is 52.1 Å². The van der Waals surface area contributed by atoms with Crippen LogP contribution in [0.15, 0.2) is 0 Å². The van der Waals surface area contributed by atoms with Gasteiger partial charge in [-0.25, -0.2) is 9.97 Å². The van der Waals surface area contributed by atoms with Crippen molar-refractivity contribution in [2.24, 2.45) is 5.92 Å². The molecule has 0 saturated carbocycles. The highest BCUT2D eigenvalue weighted by Gasteiger charge is 2.46. The first-order valence-electron chi connectivity index (χ1n) is 9.23. The molecule has 0 bridgehead atoms. The summed E-state index contributed by atoms with van der Waals surface area (Å²) in [6, 6.07) is 0. The lowest BCUT2D eigenvalue weighted by Crippen LogP contribution is -2.42. The van der Waals surface area contributed by atoms with Crippen LogP contribution in [0.4, 0.5) is 5.95 Å². The Kier molecular flexibility index (Phi) is 5.00. The molecule has 1 fully saturated rings. The van der Waals surface area contributed by atoms with E-state index in [-0.39, 0.29) is 11.3 Å². The molecule has 1 aromatic heterocycles. The molecule has 1 amide bonds. The molecule has 2 aliphatic rings. The highest BCUT2D eigenvalue weighted by atomic mass is 16.5. The number of hydrogen-bond donors (Lipinski definition) is 0. The molecule has 1 saturated heterocycles. The number of aryl methyl sites for hydroxylation is 1. The molecule has 138 valence electrons. The predicted molar refractivity (Wildman–Crippen MR) is 97.7 cm³/mol. The van der Waals surface area contributed by atoms with Gasteiger partial charge < -0.3 is 14.5 Å². The Bertz CT molecular complexity index is 659. The molecule has 0 aliphatic carbocycles. The number of hydrogen-bond acceptors (Lipinski definition) is 5. The third kappa shape index (κ3) is 3.50. The van der Waals surface area contributed by atoms with Crippen LogP contribution in [0, 0.1) is 12.8 Å². The van der Waals surface area contributed by atoms with Gasteiger partial charge in [-0.15, -0.1) is 0 Å². The molecular weight excluding hydrogens is 316 g/mol. The number of ether oxygens (including phenoxy) is 1. The second-order valence-electron chi connectivity index (χ2n) is 8.10. The van der Waals surface area contributed by atoms with E-state index in [2.05, 4.69) is 18.8 Å². The van der Waals surface area contributed by atoms with Crippen LogP contribution in [0.1, 0.15) is 50.1 Å². The third-order valence-electron chi connectivity index (χ3n) is 5.37. The monoisotopic (exact) mass is 346 g/mol. The second kappa shape index (κ2) is 6.90. The number of likely N-dealkylation sites (tertiary alicyclic amines) is 1. The summed E-state index contributed by atoms with van der Waals surface area (Å²) in [4.78, 5) is 26.0. The fraction of sp³-hybridized carbons (Fsp3) is 0.737. The Balaban J connectivity index is 1.86. The van der Waals surface area contributed by atoms with E-state index in [9.17, 15) is 4.79 Å². The van der Waals surface area contributed by atoms with Gasteiger partial charge in [0.2, 0.25) is 11.9 Å². The number of carbonyl (C=O) groups is 1. The summed E-state index contributed by atoms with van der Waals surface area (Å²) in [5.74, 6) is 1.55. The fourth-order valence-corrected chi connectivity index (χ4v) is 3.78. The van der Waals surface area contributed by atoms with Crippen LogP contribution < -0.4 is 4.90 Å². The largest absolute Gasteiger partial charge is 0.376 e. The van der Waals surface area contributed by atoms with Crippen molar-refractivity contribution in [2.75, 3.05) is 38.7 Å². The minimum absolute atomic E-state index is 0.181. The van der Waals surface area contributed by atoms with Gasteiger partial charge >= 0.3 is 0 Å². The topological polar surface area (TPSA) is 58.6 Å². The van der Waals surface area contributed by atoms with Gasteiger partial charge in [0.05, 0.1) is 24.3 Å². The average Bonchev–Trinajstić information content (AvgIpc) is 2.98. The van der Waals surface area contributed by atoms with Crippen LogP contribution in [0.2, 0.25) is 0 Å². The predicted octanol–water partition coefficient (Wildman–Crippen LogP) is 2.29. The zero-order valence-corrected chi connectivity index (χ0v) is 16.1. The van der Waals surface area contributed by atoms with Crippen molar-refractivity contribution in [1.82, 2.24) is 14.9 Å². The molecular formula is C19H30N4O2. The van der Waals surface area contributed by atoms with Crippen LogP contribution in [0.5, 0.6) is 0 Å². The molecule has 0 radical (unpaired) electrons. The van der Waals surface area contributed by atoms with Gasteiger partial charge in [0.25, 0.3) is 0 Å². The highest BCUT2D eigenvalue weighted by molar-refractivity contribution is 5.76. The van der Waals surface area contributed by atoms with E-state index in [4.69, 9.17) is 9.72 Å². The molecule has 6 nitrogen and oxygen atoms in total. The van der Waals surface area contributed by atoms with Crippen molar-refractivity contribution < 1.29 is 9.53 Å². The molecule has 2 aliphatic heterocycles. The molecule has 0 N–H and O–H groups in total. The summed E-state index contributed by atoms with van der Waals surface area (Å²) in [5.41, 5.74) is 3.00. The highest BCUT2D eigenvalue weighted by Crippen LogP contribution is 2.40. The summed E-state index contributed by atoms with van der Waals surface area (Å²) >= 11 is 0.